The topological polar surface area (TPSA) is 428 Å². The van der Waals surface area contributed by atoms with Gasteiger partial charge in [0.05, 0.1) is 11.2 Å². The summed E-state index contributed by atoms with van der Waals surface area (Å²) in [7, 11) is 6.97. The molecule has 28 nitrogen and oxygen atoms in total. The minimum Gasteiger partial charge on any atom is -0.399 e. The number of aliphatic hydroxyl groups is 4. The molecular weight excluding hydrogens is 1920 g/mol. The summed E-state index contributed by atoms with van der Waals surface area (Å²) in [6.45, 7) is 7.82. The van der Waals surface area contributed by atoms with Gasteiger partial charge in [-0.1, -0.05) is 54.6 Å². The van der Waals surface area contributed by atoms with Gasteiger partial charge in [0.2, 0.25) is 79.5 Å². The Balaban J connectivity index is 0.000000142. The molecule has 1 aliphatic heterocycles. The average molecular weight is 1990 g/mol. The number of ether oxygens (including phenoxy) is 6. The molecular formula is C91H66BBr3O28S4. The molecule has 4 aromatic heterocycles. The van der Waals surface area contributed by atoms with Crippen LogP contribution in [0.4, 0.5) is 0 Å². The van der Waals surface area contributed by atoms with Crippen molar-refractivity contribution in [3.8, 4) is 66.8 Å². The Morgan fingerprint density at radius 3 is 0.772 bits per heavy atom. The van der Waals surface area contributed by atoms with Crippen molar-refractivity contribution >= 4 is 186 Å². The highest BCUT2D eigenvalue weighted by molar-refractivity contribution is 9.13. The zero-order valence-corrected chi connectivity index (χ0v) is 75.9. The van der Waals surface area contributed by atoms with E-state index in [0.717, 1.165) is 31.2 Å². The predicted octanol–water partition coefficient (Wildman–Crippen LogP) is 11.8. The zero-order chi connectivity index (χ0) is 91.0. The number of Topliss-reactive ketones (excluding diaryl/α,β-unsaturated/α-hetero) is 10. The van der Waals surface area contributed by atoms with Crippen LogP contribution in [0.15, 0.2) is 208 Å². The third-order valence-electron chi connectivity index (χ3n) is 23.1. The van der Waals surface area contributed by atoms with Crippen molar-refractivity contribution in [3.05, 3.63) is 296 Å². The highest BCUT2D eigenvalue weighted by atomic mass is 79.9. The average Bonchev–Trinajstić information content (AvgIpc) is 1.59. The Kier molecular flexibility index (Phi) is 24.7. The van der Waals surface area contributed by atoms with Gasteiger partial charge in [-0.25, -0.2) is 0 Å². The van der Waals surface area contributed by atoms with Crippen LogP contribution in [0.25, 0.3) is 88.3 Å². The van der Waals surface area contributed by atoms with Crippen LogP contribution in [0.1, 0.15) is 133 Å². The maximum absolute atomic E-state index is 13.0. The third kappa shape index (κ3) is 14.6. The fourth-order valence-corrected chi connectivity index (χ4v) is 19.9. The summed E-state index contributed by atoms with van der Waals surface area (Å²) in [6, 6.07) is 32.7. The largest absolute Gasteiger partial charge is 0.494 e. The van der Waals surface area contributed by atoms with Crippen molar-refractivity contribution in [3.63, 3.8) is 0 Å². The van der Waals surface area contributed by atoms with E-state index in [1.54, 1.807) is 101 Å². The predicted molar refractivity (Wildman–Crippen MR) is 485 cm³/mol. The Labute approximate surface area is 761 Å². The normalized spacial score (nSPS) is 17.0. The summed E-state index contributed by atoms with van der Waals surface area (Å²) in [5.41, 5.74) is 3.53. The zero-order valence-electron chi connectivity index (χ0n) is 67.7. The van der Waals surface area contributed by atoms with Crippen molar-refractivity contribution in [2.45, 2.75) is 67.8 Å². The second-order valence-corrected chi connectivity index (χ2v) is 35.0. The van der Waals surface area contributed by atoms with Crippen molar-refractivity contribution < 1.29 is 108 Å². The van der Waals surface area contributed by atoms with E-state index in [9.17, 15) is 97.1 Å². The number of ketones is 10. The van der Waals surface area contributed by atoms with E-state index in [1.807, 2.05) is 60.0 Å². The number of fused-ring (bicyclic) bond motifs is 7. The fraction of sp³-hybridized carbons (Fsp3) is 0.187. The Morgan fingerprint density at radius 1 is 0.276 bits per heavy atom. The molecule has 646 valence electrons. The van der Waals surface area contributed by atoms with E-state index in [-0.39, 0.29) is 95.6 Å². The maximum Gasteiger partial charge on any atom is 0.494 e. The molecule has 0 radical (unpaired) electrons. The van der Waals surface area contributed by atoms with Gasteiger partial charge in [-0.05, 0) is 203 Å². The van der Waals surface area contributed by atoms with Crippen LogP contribution < -0.4 is 38.0 Å². The first kappa shape index (κ1) is 92.3. The molecule has 0 spiro atoms. The fourth-order valence-electron chi connectivity index (χ4n) is 15.5. The molecule has 127 heavy (non-hydrogen) atoms. The highest BCUT2D eigenvalue weighted by Gasteiger charge is 2.59. The second kappa shape index (κ2) is 33.9. The lowest BCUT2D eigenvalue weighted by Gasteiger charge is -2.32. The molecule has 13 aromatic rings. The Morgan fingerprint density at radius 2 is 0.496 bits per heavy atom. The lowest BCUT2D eigenvalue weighted by Crippen LogP contribution is -2.45. The molecule has 9 aromatic carbocycles. The molecule has 4 N–H and O–H groups in total. The summed E-state index contributed by atoms with van der Waals surface area (Å²) in [4.78, 5) is 196. The Bertz CT molecular complexity index is 6920. The molecule has 6 aliphatic rings. The molecule has 1 saturated heterocycles. The van der Waals surface area contributed by atoms with Crippen molar-refractivity contribution in [1.82, 2.24) is 0 Å². The van der Waals surface area contributed by atoms with Gasteiger partial charge in [-0.15, -0.1) is 17.0 Å². The number of methoxy groups -OCH3 is 6. The summed E-state index contributed by atoms with van der Waals surface area (Å²) >= 11 is 12.5. The number of hydrogen-bond donors (Lipinski definition) is 4. The quantitative estimate of drug-likeness (QED) is 0.0360. The van der Waals surface area contributed by atoms with E-state index >= 15 is 0 Å². The number of carbonyl (C=O) groups excluding carboxylic acids is 10. The maximum atomic E-state index is 13.0. The standard InChI is InChI=1S/C26H20O8S.C22H12O8S.C22H8O6S.C17H21BO6.C4H2Br2S.BrH.H2/c1-31-25(32-2)21(27)15-7-5-13(9-17(15)23(25)29)19-11-35-12-20(19)14-6-8-16-18(10-14)24(30)26(33-3,34-4)22(16)28;23-17-11-3-1-9(5-13(11)19(25)21(17,27)28)15-7-31-8-16(15)10-2-4-12-14(6-10)20(26)22(29,30)18(12)24;23-17-11-3-1-9(5-13(11)19(25)21(17)27)15-7-29-8-16(15)10-2-4-12-14(6-10)20(26)22(28)18(12)24;1-15(2)16(3,4)24-18(23-15)10-7-8-11-12(9-10)14(20)17(21-5,22-6)13(11)19;5-3-1-7-2-4(3)6;;/h5-12H,1-4H3;1-8,27-30H;1-8H;7-9H,1-6H3;1-2H;2*1H/i;;;;;;1+1. The minimum absolute atomic E-state index is 0. The van der Waals surface area contributed by atoms with E-state index in [1.165, 1.54) is 125 Å². The van der Waals surface area contributed by atoms with E-state index < -0.39 is 138 Å². The molecule has 0 unspecified atom stereocenters. The van der Waals surface area contributed by atoms with Gasteiger partial charge in [0.1, 0.15) is 0 Å². The van der Waals surface area contributed by atoms with E-state index in [2.05, 4.69) is 31.9 Å². The number of thiophene rings is 4. The summed E-state index contributed by atoms with van der Waals surface area (Å²) in [5, 5.41) is 54.4. The van der Waals surface area contributed by atoms with Gasteiger partial charge in [0, 0.05) is 174 Å². The lowest BCUT2D eigenvalue weighted by molar-refractivity contribution is -0.133. The first-order valence-corrected chi connectivity index (χ1v) is 42.8. The Hall–Kier alpha value is -10.9. The molecule has 0 atom stereocenters. The first-order valence-electron chi connectivity index (χ1n) is 37.5. The molecule has 5 heterocycles. The number of hydrogen-bond acceptors (Lipinski definition) is 32. The van der Waals surface area contributed by atoms with Crippen LogP contribution in [0, 0.1) is 0 Å². The third-order valence-corrected chi connectivity index (χ3v) is 28.6. The van der Waals surface area contributed by atoms with Gasteiger partial charge in [0.25, 0.3) is 39.8 Å². The van der Waals surface area contributed by atoms with Gasteiger partial charge in [0.15, 0.2) is 0 Å². The first-order chi connectivity index (χ1) is 59.6. The second-order valence-electron chi connectivity index (χ2n) is 30.3. The minimum atomic E-state index is -3.08. The number of halogens is 3. The molecule has 19 rings (SSSR count). The monoisotopic (exact) mass is 1980 g/mol. The van der Waals surface area contributed by atoms with E-state index in [0.29, 0.717) is 50.0 Å². The van der Waals surface area contributed by atoms with Crippen LogP contribution in [-0.2, 0) is 37.7 Å². The summed E-state index contributed by atoms with van der Waals surface area (Å²) < 4.78 is 45.2. The van der Waals surface area contributed by atoms with Gasteiger partial charge in [-0.2, -0.15) is 45.3 Å². The molecule has 0 amide bonds. The van der Waals surface area contributed by atoms with Crippen molar-refractivity contribution in [1.29, 1.82) is 0 Å². The molecule has 36 heteroatoms. The van der Waals surface area contributed by atoms with E-state index in [4.69, 9.17) is 37.7 Å². The summed E-state index contributed by atoms with van der Waals surface area (Å²) in [5.74, 6) is -19.6. The van der Waals surface area contributed by atoms with Crippen LogP contribution in [-0.4, -0.2) is 168 Å². The number of benzene rings is 7. The smallest absolute Gasteiger partial charge is 0.399 e. The molecule has 0 bridgehead atoms. The molecule has 1 fully saturated rings. The number of carbonyl (C=O) groups is 10. The SMILES string of the molecule is Br.Brc1cscc1Br.COC1(OC)C(=O)c2ccc(-c3cscc3-c3ccc4c(c3)C(=O)C(OC)(OC)C4=O)cc2C1=O.COC1(OC)C(=O)c2ccc(B3OC(C)(C)C(C)(C)O3)cc2C1=O.O=C1c2ccc(-c3cscc3-c3ccc4c(c3)C(=O)C(O)(O)C4=O)cc2C(=O)C1(O)O.O=c1c(=O)c2ccc(-c3cscc3-c3ccc4c(=O)c(=O)c(=O)c4c3)cc2c1=O.[2HH]. The van der Waals surface area contributed by atoms with Crippen molar-refractivity contribution in [2.24, 2.45) is 0 Å². The van der Waals surface area contributed by atoms with Crippen LogP contribution in [0.5, 0.6) is 0 Å². The van der Waals surface area contributed by atoms with Gasteiger partial charge >= 0.3 is 7.12 Å². The number of rotatable bonds is 13. The lowest BCUT2D eigenvalue weighted by atomic mass is 9.78. The summed E-state index contributed by atoms with van der Waals surface area (Å²) in [6.07, 6.45) is 0. The van der Waals surface area contributed by atoms with Gasteiger partial charge in [-0.3, -0.25) is 76.7 Å². The van der Waals surface area contributed by atoms with Crippen molar-refractivity contribution in [2.75, 3.05) is 42.7 Å². The highest BCUT2D eigenvalue weighted by Crippen LogP contribution is 2.46. The van der Waals surface area contributed by atoms with Crippen LogP contribution in [0.3, 0.4) is 0 Å². The van der Waals surface area contributed by atoms with Crippen LogP contribution in [0.2, 0.25) is 0 Å². The molecule has 5 aliphatic carbocycles. The molecule has 0 saturated carbocycles. The van der Waals surface area contributed by atoms with Crippen LogP contribution >= 0.6 is 94.2 Å². The van der Waals surface area contributed by atoms with Gasteiger partial charge < -0.3 is 58.2 Å².